The summed E-state index contributed by atoms with van der Waals surface area (Å²) in [6.07, 6.45) is 5.12. The smallest absolute Gasteiger partial charge is 0.252 e. The first-order chi connectivity index (χ1) is 13.2. The zero-order valence-electron chi connectivity index (χ0n) is 15.7. The molecule has 0 radical (unpaired) electrons. The Kier molecular flexibility index (Phi) is 5.87. The lowest BCUT2D eigenvalue weighted by Gasteiger charge is -2.38. The third-order valence-electron chi connectivity index (χ3n) is 5.51. The van der Waals surface area contributed by atoms with Gasteiger partial charge in [0.2, 0.25) is 0 Å². The average molecular weight is 376 g/mol. The highest BCUT2D eigenvalue weighted by Crippen LogP contribution is 2.33. The monoisotopic (exact) mass is 376 g/mol. The van der Waals surface area contributed by atoms with Crippen LogP contribution < -0.4 is 10.2 Å². The van der Waals surface area contributed by atoms with E-state index in [0.717, 1.165) is 64.5 Å². The van der Waals surface area contributed by atoms with Crippen LogP contribution in [0.4, 0.5) is 5.69 Å². The Hall–Kier alpha value is -1.74. The summed E-state index contributed by atoms with van der Waals surface area (Å²) in [5, 5.41) is 3.00. The van der Waals surface area contributed by atoms with Gasteiger partial charge in [0.15, 0.2) is 5.79 Å². The number of amides is 1. The first kappa shape index (κ1) is 18.6. The van der Waals surface area contributed by atoms with E-state index in [2.05, 4.69) is 20.1 Å². The fourth-order valence-corrected chi connectivity index (χ4v) is 3.87. The van der Waals surface area contributed by atoms with Gasteiger partial charge < -0.3 is 24.4 Å². The molecule has 0 unspecified atom stereocenters. The number of nitrogens with zero attached hydrogens (tertiary/aromatic N) is 3. The quantitative estimate of drug-likeness (QED) is 0.801. The van der Waals surface area contributed by atoms with Gasteiger partial charge in [-0.2, -0.15) is 0 Å². The molecule has 3 aliphatic rings. The van der Waals surface area contributed by atoms with Crippen LogP contribution in [0.5, 0.6) is 0 Å². The van der Waals surface area contributed by atoms with E-state index in [1.54, 1.807) is 6.20 Å². The molecule has 3 saturated heterocycles. The number of hydrogen-bond donors (Lipinski definition) is 1. The molecule has 8 heteroatoms. The Balaban J connectivity index is 1.28. The molecule has 1 spiro atoms. The highest BCUT2D eigenvalue weighted by molar-refractivity contribution is 5.94. The molecule has 0 atom stereocenters. The number of piperidine rings is 1. The number of nitrogens with one attached hydrogen (secondary N) is 1. The number of ether oxygens (including phenoxy) is 3. The second kappa shape index (κ2) is 8.52. The molecular formula is C19H28N4O4. The molecule has 1 N–H and O–H groups in total. The standard InChI is InChI=1S/C19H28N4O4/c24-18(21-3-6-22-7-9-25-10-8-22)16-13-17(15-20-14-16)23-4-1-19(2-5-23)26-11-12-27-19/h13-15H,1-12H2,(H,21,24). The Morgan fingerprint density at radius 2 is 1.81 bits per heavy atom. The summed E-state index contributed by atoms with van der Waals surface area (Å²) in [7, 11) is 0. The van der Waals surface area contributed by atoms with Crippen molar-refractivity contribution < 1.29 is 19.0 Å². The average Bonchev–Trinajstić information content (AvgIpc) is 3.17. The van der Waals surface area contributed by atoms with Crippen LogP contribution in [0, 0.1) is 0 Å². The van der Waals surface area contributed by atoms with E-state index < -0.39 is 5.79 Å². The first-order valence-electron chi connectivity index (χ1n) is 9.80. The highest BCUT2D eigenvalue weighted by Gasteiger charge is 2.39. The number of hydrogen-bond acceptors (Lipinski definition) is 7. The molecule has 148 valence electrons. The van der Waals surface area contributed by atoms with Crippen molar-refractivity contribution in [1.29, 1.82) is 0 Å². The SMILES string of the molecule is O=C(NCCN1CCOCC1)c1cncc(N2CCC3(CC2)OCCO3)c1. The number of carbonyl (C=O) groups excluding carboxylic acids is 1. The third-order valence-corrected chi connectivity index (χ3v) is 5.51. The van der Waals surface area contributed by atoms with E-state index in [1.165, 1.54) is 0 Å². The van der Waals surface area contributed by atoms with Crippen LogP contribution in [0.15, 0.2) is 18.5 Å². The van der Waals surface area contributed by atoms with E-state index in [4.69, 9.17) is 14.2 Å². The van der Waals surface area contributed by atoms with E-state index in [-0.39, 0.29) is 5.91 Å². The van der Waals surface area contributed by atoms with Crippen molar-refractivity contribution in [3.05, 3.63) is 24.0 Å². The highest BCUT2D eigenvalue weighted by atomic mass is 16.7. The largest absolute Gasteiger partial charge is 0.379 e. The maximum absolute atomic E-state index is 12.5. The van der Waals surface area contributed by atoms with Gasteiger partial charge in [-0.15, -0.1) is 0 Å². The van der Waals surface area contributed by atoms with Gasteiger partial charge in [-0.25, -0.2) is 0 Å². The fraction of sp³-hybridized carbons (Fsp3) is 0.684. The summed E-state index contributed by atoms with van der Waals surface area (Å²) in [5.41, 5.74) is 1.58. The summed E-state index contributed by atoms with van der Waals surface area (Å²) >= 11 is 0. The molecule has 1 amide bonds. The van der Waals surface area contributed by atoms with E-state index in [1.807, 2.05) is 12.3 Å². The normalized spacial score (nSPS) is 22.9. The first-order valence-corrected chi connectivity index (χ1v) is 9.80. The van der Waals surface area contributed by atoms with Gasteiger partial charge in [0.05, 0.1) is 43.9 Å². The number of anilines is 1. The zero-order valence-corrected chi connectivity index (χ0v) is 15.7. The van der Waals surface area contributed by atoms with Gasteiger partial charge in [-0.05, 0) is 6.07 Å². The number of pyridine rings is 1. The lowest BCUT2D eigenvalue weighted by atomic mass is 10.0. The molecule has 0 aliphatic carbocycles. The lowest BCUT2D eigenvalue weighted by Crippen LogP contribution is -2.45. The molecule has 1 aromatic heterocycles. The molecule has 8 nitrogen and oxygen atoms in total. The fourth-order valence-electron chi connectivity index (χ4n) is 3.87. The number of rotatable bonds is 5. The Morgan fingerprint density at radius 3 is 2.56 bits per heavy atom. The van der Waals surface area contributed by atoms with Crippen LogP contribution in [-0.4, -0.2) is 87.3 Å². The lowest BCUT2D eigenvalue weighted by molar-refractivity contribution is -0.169. The minimum absolute atomic E-state index is 0.0754. The molecule has 0 aromatic carbocycles. The molecule has 1 aromatic rings. The van der Waals surface area contributed by atoms with Gasteiger partial charge in [0, 0.05) is 58.3 Å². The molecule has 0 saturated carbocycles. The summed E-state index contributed by atoms with van der Waals surface area (Å²) < 4.78 is 16.9. The minimum Gasteiger partial charge on any atom is -0.379 e. The summed E-state index contributed by atoms with van der Waals surface area (Å²) in [6.45, 7) is 7.91. The van der Waals surface area contributed by atoms with Crippen LogP contribution in [0.1, 0.15) is 23.2 Å². The van der Waals surface area contributed by atoms with Crippen molar-refractivity contribution >= 4 is 11.6 Å². The second-order valence-electron chi connectivity index (χ2n) is 7.24. The molecule has 27 heavy (non-hydrogen) atoms. The van der Waals surface area contributed by atoms with Crippen molar-refractivity contribution in [1.82, 2.24) is 15.2 Å². The van der Waals surface area contributed by atoms with E-state index in [9.17, 15) is 4.79 Å². The number of aromatic nitrogens is 1. The third kappa shape index (κ3) is 4.57. The zero-order chi connectivity index (χ0) is 18.5. The molecular weight excluding hydrogens is 348 g/mol. The number of carbonyl (C=O) groups is 1. The van der Waals surface area contributed by atoms with Crippen molar-refractivity contribution in [2.24, 2.45) is 0 Å². The van der Waals surface area contributed by atoms with E-state index in [0.29, 0.717) is 25.3 Å². The van der Waals surface area contributed by atoms with Crippen LogP contribution >= 0.6 is 0 Å². The van der Waals surface area contributed by atoms with Crippen LogP contribution in [0.2, 0.25) is 0 Å². The topological polar surface area (TPSA) is 76.2 Å². The maximum atomic E-state index is 12.5. The predicted molar refractivity (Wildman–Crippen MR) is 99.9 cm³/mol. The van der Waals surface area contributed by atoms with Crippen molar-refractivity contribution in [3.8, 4) is 0 Å². The minimum atomic E-state index is -0.390. The van der Waals surface area contributed by atoms with Gasteiger partial charge >= 0.3 is 0 Å². The molecule has 3 aliphatic heterocycles. The van der Waals surface area contributed by atoms with Gasteiger partial charge in [0.25, 0.3) is 5.91 Å². The molecule has 4 heterocycles. The Labute approximate surface area is 159 Å². The summed E-state index contributed by atoms with van der Waals surface area (Å²) in [4.78, 5) is 21.3. The van der Waals surface area contributed by atoms with Crippen molar-refractivity contribution in [3.63, 3.8) is 0 Å². The van der Waals surface area contributed by atoms with Crippen LogP contribution in [0.25, 0.3) is 0 Å². The molecule has 4 rings (SSSR count). The molecule has 0 bridgehead atoms. The van der Waals surface area contributed by atoms with Gasteiger partial charge in [-0.1, -0.05) is 0 Å². The Morgan fingerprint density at radius 1 is 1.07 bits per heavy atom. The number of morpholine rings is 1. The second-order valence-corrected chi connectivity index (χ2v) is 7.24. The van der Waals surface area contributed by atoms with Gasteiger partial charge in [-0.3, -0.25) is 14.7 Å². The van der Waals surface area contributed by atoms with E-state index >= 15 is 0 Å². The maximum Gasteiger partial charge on any atom is 0.252 e. The van der Waals surface area contributed by atoms with Crippen LogP contribution in [-0.2, 0) is 14.2 Å². The van der Waals surface area contributed by atoms with Crippen molar-refractivity contribution in [2.75, 3.05) is 70.6 Å². The Bertz CT molecular complexity index is 634. The predicted octanol–water partition coefficient (Wildman–Crippen LogP) is 0.487. The van der Waals surface area contributed by atoms with Crippen molar-refractivity contribution in [2.45, 2.75) is 18.6 Å². The van der Waals surface area contributed by atoms with Crippen LogP contribution in [0.3, 0.4) is 0 Å². The summed E-state index contributed by atoms with van der Waals surface area (Å²) in [6, 6.07) is 1.92. The van der Waals surface area contributed by atoms with Gasteiger partial charge in [0.1, 0.15) is 0 Å². The molecule has 3 fully saturated rings. The summed E-state index contributed by atoms with van der Waals surface area (Å²) in [5.74, 6) is -0.466.